The van der Waals surface area contributed by atoms with E-state index in [2.05, 4.69) is 10.1 Å². The Morgan fingerprint density at radius 2 is 1.80 bits per heavy atom. The second kappa shape index (κ2) is 12.5. The van der Waals surface area contributed by atoms with Crippen molar-refractivity contribution in [3.8, 4) is 11.3 Å². The molecule has 2 atom stereocenters. The number of hydrogen-bond acceptors (Lipinski definition) is 5. The molecule has 222 valence electrons. The van der Waals surface area contributed by atoms with E-state index in [-0.39, 0.29) is 35.4 Å². The minimum absolute atomic E-state index is 0.0510. The lowest BCUT2D eigenvalue weighted by Crippen LogP contribution is -2.51. The summed E-state index contributed by atoms with van der Waals surface area (Å²) < 4.78 is 56.1. The van der Waals surface area contributed by atoms with Crippen molar-refractivity contribution in [2.24, 2.45) is 11.7 Å². The first-order chi connectivity index (χ1) is 19.4. The lowest BCUT2D eigenvalue weighted by atomic mass is 9.84. The van der Waals surface area contributed by atoms with Crippen molar-refractivity contribution in [1.82, 2.24) is 24.4 Å². The maximum Gasteiger partial charge on any atom is 0.420 e. The molecule has 3 aromatic rings. The molecular weight excluding hydrogens is 540 g/mol. The number of aromatic nitrogens is 3. The Morgan fingerprint density at radius 3 is 2.41 bits per heavy atom. The largest absolute Gasteiger partial charge is 0.420 e. The fourth-order valence-electron chi connectivity index (χ4n) is 5.60. The molecule has 0 unspecified atom stereocenters. The first-order valence-corrected chi connectivity index (χ1v) is 13.9. The van der Waals surface area contributed by atoms with E-state index in [4.69, 9.17) is 5.73 Å². The number of carbonyl (C=O) groups is 2. The number of alkyl halides is 3. The molecule has 2 amide bonds. The van der Waals surface area contributed by atoms with Crippen LogP contribution in [0.15, 0.2) is 36.5 Å². The van der Waals surface area contributed by atoms with Crippen molar-refractivity contribution in [1.29, 1.82) is 0 Å². The summed E-state index contributed by atoms with van der Waals surface area (Å²) in [5.74, 6) is -0.886. The summed E-state index contributed by atoms with van der Waals surface area (Å²) in [5, 5.41) is 4.20. The van der Waals surface area contributed by atoms with Crippen molar-refractivity contribution >= 4 is 17.5 Å². The van der Waals surface area contributed by atoms with Gasteiger partial charge in [-0.15, -0.1) is 0 Å². The van der Waals surface area contributed by atoms with Gasteiger partial charge in [-0.25, -0.2) is 13.9 Å². The van der Waals surface area contributed by atoms with Crippen LogP contribution in [0.4, 0.5) is 17.6 Å². The summed E-state index contributed by atoms with van der Waals surface area (Å²) in [5.41, 5.74) is 4.70. The summed E-state index contributed by atoms with van der Waals surface area (Å²) in [6.45, 7) is 4.18. The molecule has 1 fully saturated rings. The Morgan fingerprint density at radius 1 is 1.15 bits per heavy atom. The number of rotatable bonds is 9. The van der Waals surface area contributed by atoms with Gasteiger partial charge in [-0.2, -0.15) is 18.3 Å². The Hall–Kier alpha value is -3.54. The normalized spacial score (nSPS) is 16.0. The van der Waals surface area contributed by atoms with Gasteiger partial charge in [0.05, 0.1) is 17.9 Å². The number of nitrogens with zero attached hydrogens (tertiary/aromatic N) is 5. The van der Waals surface area contributed by atoms with Crippen LogP contribution in [0.2, 0.25) is 0 Å². The lowest BCUT2D eigenvalue weighted by molar-refractivity contribution is -0.137. The van der Waals surface area contributed by atoms with E-state index >= 15 is 0 Å². The standard InChI is InChI=1S/C29H36F4N6O2/c1-4-38(27(40)23(34)14-19-8-6-5-7-9-19)18(2)16-37(3)28(41)25-17-39-26(35-25)22(29(31,32)33)15-24(36-39)20-10-12-21(30)13-11-20/h10-13,15,17-19,23H,4-9,14,16,34H2,1-3H3/t18-,23+/m0/s1. The van der Waals surface area contributed by atoms with Crippen LogP contribution < -0.4 is 5.73 Å². The van der Waals surface area contributed by atoms with Crippen LogP contribution in [0.5, 0.6) is 0 Å². The van der Waals surface area contributed by atoms with E-state index in [1.165, 1.54) is 30.5 Å². The number of nitrogens with two attached hydrogens (primary N) is 1. The highest BCUT2D eigenvalue weighted by atomic mass is 19.4. The summed E-state index contributed by atoms with van der Waals surface area (Å²) in [6, 6.07) is 4.72. The zero-order valence-corrected chi connectivity index (χ0v) is 23.5. The highest BCUT2D eigenvalue weighted by molar-refractivity contribution is 5.93. The van der Waals surface area contributed by atoms with Gasteiger partial charge in [0.1, 0.15) is 17.1 Å². The monoisotopic (exact) mass is 576 g/mol. The molecule has 0 bridgehead atoms. The highest BCUT2D eigenvalue weighted by Crippen LogP contribution is 2.34. The molecule has 2 heterocycles. The van der Waals surface area contributed by atoms with Gasteiger partial charge in [-0.3, -0.25) is 9.59 Å². The molecule has 1 aliphatic carbocycles. The second-order valence-electron chi connectivity index (χ2n) is 10.8. The molecule has 12 heteroatoms. The molecule has 41 heavy (non-hydrogen) atoms. The third-order valence-corrected chi connectivity index (χ3v) is 7.76. The number of imidazole rings is 1. The number of hydrogen-bond donors (Lipinski definition) is 1. The van der Waals surface area contributed by atoms with Gasteiger partial charge in [-0.1, -0.05) is 32.1 Å². The van der Waals surface area contributed by atoms with Crippen molar-refractivity contribution in [2.75, 3.05) is 20.1 Å². The first kappa shape index (κ1) is 30.4. The van der Waals surface area contributed by atoms with Crippen LogP contribution in [0.25, 0.3) is 16.9 Å². The Bertz CT molecular complexity index is 1370. The van der Waals surface area contributed by atoms with Crippen molar-refractivity contribution < 1.29 is 27.2 Å². The molecule has 8 nitrogen and oxygen atoms in total. The van der Waals surface area contributed by atoms with E-state index < -0.39 is 35.2 Å². The van der Waals surface area contributed by atoms with Crippen molar-refractivity contribution in [3.63, 3.8) is 0 Å². The Labute approximate surface area is 236 Å². The number of benzene rings is 1. The van der Waals surface area contributed by atoms with E-state index in [9.17, 15) is 27.2 Å². The smallest absolute Gasteiger partial charge is 0.338 e. The summed E-state index contributed by atoms with van der Waals surface area (Å²) in [4.78, 5) is 33.4. The van der Waals surface area contributed by atoms with Gasteiger partial charge in [0.25, 0.3) is 5.91 Å². The van der Waals surface area contributed by atoms with Crippen LogP contribution >= 0.6 is 0 Å². The zero-order chi connectivity index (χ0) is 29.9. The average molecular weight is 577 g/mol. The molecule has 2 N–H and O–H groups in total. The topological polar surface area (TPSA) is 96.8 Å². The van der Waals surface area contributed by atoms with E-state index in [1.807, 2.05) is 6.92 Å². The van der Waals surface area contributed by atoms with E-state index in [0.717, 1.165) is 54.6 Å². The molecule has 0 radical (unpaired) electrons. The number of likely N-dealkylation sites (N-methyl/N-ethyl adjacent to an activating group) is 2. The summed E-state index contributed by atoms with van der Waals surface area (Å²) >= 11 is 0. The third kappa shape index (κ3) is 7.03. The predicted molar refractivity (Wildman–Crippen MR) is 146 cm³/mol. The van der Waals surface area contributed by atoms with E-state index in [0.29, 0.717) is 18.9 Å². The Kier molecular flexibility index (Phi) is 9.31. The van der Waals surface area contributed by atoms with Crippen molar-refractivity contribution in [3.05, 3.63) is 53.6 Å². The molecule has 0 saturated heterocycles. The number of amides is 2. The van der Waals surface area contributed by atoms with Crippen LogP contribution in [-0.4, -0.2) is 68.4 Å². The van der Waals surface area contributed by atoms with Crippen LogP contribution in [0.3, 0.4) is 0 Å². The van der Waals surface area contributed by atoms with Crippen LogP contribution in [0.1, 0.15) is 68.4 Å². The van der Waals surface area contributed by atoms with Gasteiger partial charge < -0.3 is 15.5 Å². The molecule has 2 aromatic heterocycles. The van der Waals surface area contributed by atoms with Gasteiger partial charge in [0.15, 0.2) is 5.65 Å². The van der Waals surface area contributed by atoms with Gasteiger partial charge in [0.2, 0.25) is 5.91 Å². The molecule has 0 spiro atoms. The highest BCUT2D eigenvalue weighted by Gasteiger charge is 2.36. The van der Waals surface area contributed by atoms with Crippen LogP contribution in [-0.2, 0) is 11.0 Å². The minimum Gasteiger partial charge on any atom is -0.338 e. The predicted octanol–water partition coefficient (Wildman–Crippen LogP) is 5.16. The SMILES string of the molecule is CCN(C(=O)[C@H](N)CC1CCCCC1)[C@@H](C)CN(C)C(=O)c1cn2nc(-c3ccc(F)cc3)cc(C(F)(F)F)c2n1. The molecule has 1 aromatic carbocycles. The van der Waals surface area contributed by atoms with Gasteiger partial charge in [0, 0.05) is 31.7 Å². The molecule has 4 rings (SSSR count). The third-order valence-electron chi connectivity index (χ3n) is 7.76. The van der Waals surface area contributed by atoms with Crippen LogP contribution in [0, 0.1) is 11.7 Å². The first-order valence-electron chi connectivity index (χ1n) is 13.9. The fourth-order valence-corrected chi connectivity index (χ4v) is 5.60. The maximum atomic E-state index is 14.0. The number of fused-ring (bicyclic) bond motifs is 1. The molecule has 1 aliphatic rings. The number of carbonyl (C=O) groups excluding carboxylic acids is 2. The van der Waals surface area contributed by atoms with Crippen molar-refractivity contribution in [2.45, 2.75) is 70.6 Å². The summed E-state index contributed by atoms with van der Waals surface area (Å²) in [6.07, 6.45) is 2.68. The summed E-state index contributed by atoms with van der Waals surface area (Å²) in [7, 11) is 1.51. The maximum absolute atomic E-state index is 14.0. The lowest BCUT2D eigenvalue weighted by Gasteiger charge is -2.34. The molecule has 0 aliphatic heterocycles. The Balaban J connectivity index is 1.51. The quantitative estimate of drug-likeness (QED) is 0.355. The number of halogens is 4. The fraction of sp³-hybridized carbons (Fsp3) is 0.517. The van der Waals surface area contributed by atoms with Gasteiger partial charge in [-0.05, 0) is 56.5 Å². The van der Waals surface area contributed by atoms with Gasteiger partial charge >= 0.3 is 6.18 Å². The van der Waals surface area contributed by atoms with E-state index in [1.54, 1.807) is 11.8 Å². The molecule has 1 saturated carbocycles. The second-order valence-corrected chi connectivity index (χ2v) is 10.8. The molecular formula is C29H36F4N6O2. The zero-order valence-electron chi connectivity index (χ0n) is 23.5. The minimum atomic E-state index is -4.77. The average Bonchev–Trinajstić information content (AvgIpc) is 3.37.